The minimum Gasteiger partial charge on any atom is -0.330 e. The molecule has 0 amide bonds. The first kappa shape index (κ1) is 11.0. The minimum atomic E-state index is 0.762. The van der Waals surface area contributed by atoms with Crippen LogP contribution in [0.5, 0.6) is 0 Å². The van der Waals surface area contributed by atoms with Gasteiger partial charge in [-0.25, -0.2) is 0 Å². The summed E-state index contributed by atoms with van der Waals surface area (Å²) in [6, 6.07) is 3.89. The average Bonchev–Trinajstić information content (AvgIpc) is 2.67. The molecule has 2 N–H and O–H groups in total. The van der Waals surface area contributed by atoms with E-state index in [0.717, 1.165) is 49.4 Å². The Bertz CT molecular complexity index is 462. The Hall–Kier alpha value is -1.49. The third-order valence-corrected chi connectivity index (χ3v) is 2.57. The van der Waals surface area contributed by atoms with Gasteiger partial charge in [-0.15, -0.1) is 10.2 Å². The molecule has 0 aliphatic heterocycles. The lowest BCUT2D eigenvalue weighted by Gasteiger charge is -1.99. The molecule has 2 aromatic heterocycles. The molecule has 0 aromatic carbocycles. The molecule has 0 radical (unpaired) electrons. The Labute approximate surface area is 94.7 Å². The van der Waals surface area contributed by atoms with Crippen molar-refractivity contribution in [2.45, 2.75) is 32.6 Å². The number of nitrogens with two attached hydrogens (primary N) is 1. The van der Waals surface area contributed by atoms with Crippen LogP contribution in [0, 0.1) is 6.92 Å². The second-order valence-corrected chi connectivity index (χ2v) is 3.96. The van der Waals surface area contributed by atoms with E-state index in [2.05, 4.69) is 15.3 Å². The van der Waals surface area contributed by atoms with Gasteiger partial charge < -0.3 is 5.73 Å². The highest BCUT2D eigenvalue weighted by atomic mass is 15.4. The molecule has 0 saturated carbocycles. The smallest absolute Gasteiger partial charge is 0.177 e. The van der Waals surface area contributed by atoms with Crippen molar-refractivity contribution in [1.29, 1.82) is 0 Å². The summed E-state index contributed by atoms with van der Waals surface area (Å²) < 4.78 is 1.83. The van der Waals surface area contributed by atoms with Crippen LogP contribution in [0.4, 0.5) is 0 Å². The Morgan fingerprint density at radius 3 is 2.88 bits per heavy atom. The largest absolute Gasteiger partial charge is 0.330 e. The van der Waals surface area contributed by atoms with Crippen LogP contribution in [0.25, 0.3) is 5.65 Å². The van der Waals surface area contributed by atoms with E-state index in [1.165, 1.54) is 0 Å². The molecule has 5 nitrogen and oxygen atoms in total. The highest BCUT2D eigenvalue weighted by Gasteiger charge is 2.05. The number of nitrogens with zero attached hydrogens (tertiary/aromatic N) is 4. The molecule has 0 aliphatic rings. The van der Waals surface area contributed by atoms with Crippen LogP contribution in [-0.4, -0.2) is 26.4 Å². The number of hydrogen-bond acceptors (Lipinski definition) is 4. The summed E-state index contributed by atoms with van der Waals surface area (Å²) >= 11 is 0. The lowest BCUT2D eigenvalue weighted by atomic mass is 10.2. The maximum absolute atomic E-state index is 5.45. The van der Waals surface area contributed by atoms with Crippen LogP contribution in [-0.2, 0) is 6.42 Å². The summed E-state index contributed by atoms with van der Waals surface area (Å²) in [4.78, 5) is 0. The number of fused-ring (bicyclic) bond motifs is 1. The van der Waals surface area contributed by atoms with Crippen molar-refractivity contribution in [2.75, 3.05) is 6.54 Å². The van der Waals surface area contributed by atoms with Crippen molar-refractivity contribution in [3.05, 3.63) is 23.7 Å². The molecule has 2 heterocycles. The van der Waals surface area contributed by atoms with Crippen molar-refractivity contribution >= 4 is 5.65 Å². The van der Waals surface area contributed by atoms with Crippen LogP contribution < -0.4 is 5.73 Å². The summed E-state index contributed by atoms with van der Waals surface area (Å²) in [6.45, 7) is 2.73. The van der Waals surface area contributed by atoms with E-state index in [1.807, 2.05) is 23.6 Å². The molecular weight excluding hydrogens is 202 g/mol. The van der Waals surface area contributed by atoms with Gasteiger partial charge in [0, 0.05) is 6.42 Å². The van der Waals surface area contributed by atoms with Gasteiger partial charge in [-0.1, -0.05) is 6.42 Å². The fourth-order valence-electron chi connectivity index (χ4n) is 1.69. The monoisotopic (exact) mass is 219 g/mol. The van der Waals surface area contributed by atoms with E-state index in [0.29, 0.717) is 0 Å². The van der Waals surface area contributed by atoms with Gasteiger partial charge in [0.15, 0.2) is 11.5 Å². The van der Waals surface area contributed by atoms with E-state index < -0.39 is 0 Å². The third-order valence-electron chi connectivity index (χ3n) is 2.57. The molecule has 0 aliphatic carbocycles. The zero-order valence-electron chi connectivity index (χ0n) is 9.56. The molecular formula is C11H17N5. The van der Waals surface area contributed by atoms with Gasteiger partial charge in [0.2, 0.25) is 0 Å². The zero-order chi connectivity index (χ0) is 11.4. The Morgan fingerprint density at radius 2 is 2.06 bits per heavy atom. The van der Waals surface area contributed by atoms with Crippen LogP contribution >= 0.6 is 0 Å². The topological polar surface area (TPSA) is 69.1 Å². The van der Waals surface area contributed by atoms with Crippen LogP contribution in [0.15, 0.2) is 12.1 Å². The fourth-order valence-corrected chi connectivity index (χ4v) is 1.69. The van der Waals surface area contributed by atoms with Gasteiger partial charge in [0.25, 0.3) is 0 Å². The number of aryl methyl sites for hydroxylation is 2. The molecule has 0 saturated heterocycles. The second-order valence-electron chi connectivity index (χ2n) is 3.96. The van der Waals surface area contributed by atoms with E-state index in [-0.39, 0.29) is 0 Å². The molecule has 2 aromatic rings. The first-order valence-corrected chi connectivity index (χ1v) is 5.69. The molecule has 0 atom stereocenters. The molecule has 16 heavy (non-hydrogen) atoms. The van der Waals surface area contributed by atoms with E-state index in [4.69, 9.17) is 5.73 Å². The van der Waals surface area contributed by atoms with Crippen molar-refractivity contribution in [2.24, 2.45) is 5.73 Å². The summed E-state index contributed by atoms with van der Waals surface area (Å²) in [5, 5.41) is 12.6. The zero-order valence-corrected chi connectivity index (χ0v) is 9.56. The molecule has 0 spiro atoms. The summed E-state index contributed by atoms with van der Waals surface area (Å²) in [5.41, 5.74) is 7.25. The van der Waals surface area contributed by atoms with Gasteiger partial charge in [-0.05, 0) is 38.4 Å². The molecule has 86 valence electrons. The van der Waals surface area contributed by atoms with Gasteiger partial charge in [-0.2, -0.15) is 9.61 Å². The Morgan fingerprint density at radius 1 is 1.19 bits per heavy atom. The number of hydrogen-bond donors (Lipinski definition) is 1. The number of unbranched alkanes of at least 4 members (excludes halogenated alkanes) is 2. The average molecular weight is 219 g/mol. The molecule has 0 bridgehead atoms. The standard InChI is InChI=1S/C11H17N5/c1-9-6-7-11-14-13-10(16(11)15-9)5-3-2-4-8-12/h6-7H,2-5,8,12H2,1H3. The predicted molar refractivity (Wildman–Crippen MR) is 62.1 cm³/mol. The fraction of sp³-hybridized carbons (Fsp3) is 0.545. The summed E-state index contributed by atoms with van der Waals surface area (Å²) in [5.74, 6) is 0.940. The van der Waals surface area contributed by atoms with Crippen LogP contribution in [0.1, 0.15) is 30.8 Å². The third kappa shape index (κ3) is 2.36. The summed E-state index contributed by atoms with van der Waals surface area (Å²) in [6.07, 6.45) is 4.21. The quantitative estimate of drug-likeness (QED) is 0.765. The SMILES string of the molecule is Cc1ccc2nnc(CCCCCN)n2n1. The van der Waals surface area contributed by atoms with Crippen molar-refractivity contribution in [3.63, 3.8) is 0 Å². The number of rotatable bonds is 5. The van der Waals surface area contributed by atoms with Crippen molar-refractivity contribution in [3.8, 4) is 0 Å². The van der Waals surface area contributed by atoms with Gasteiger partial charge in [0.05, 0.1) is 5.69 Å². The molecule has 0 unspecified atom stereocenters. The predicted octanol–water partition coefficient (Wildman–Crippen LogP) is 1.10. The van der Waals surface area contributed by atoms with Crippen LogP contribution in [0.2, 0.25) is 0 Å². The number of aromatic nitrogens is 4. The first-order chi connectivity index (χ1) is 7.81. The van der Waals surface area contributed by atoms with Crippen molar-refractivity contribution < 1.29 is 0 Å². The van der Waals surface area contributed by atoms with E-state index in [1.54, 1.807) is 0 Å². The lowest BCUT2D eigenvalue weighted by Crippen LogP contribution is -2.02. The van der Waals surface area contributed by atoms with Crippen molar-refractivity contribution in [1.82, 2.24) is 19.8 Å². The molecule has 5 heteroatoms. The summed E-state index contributed by atoms with van der Waals surface area (Å²) in [7, 11) is 0. The highest BCUT2D eigenvalue weighted by Crippen LogP contribution is 2.06. The minimum absolute atomic E-state index is 0.762. The van der Waals surface area contributed by atoms with Crippen LogP contribution in [0.3, 0.4) is 0 Å². The maximum atomic E-state index is 5.45. The maximum Gasteiger partial charge on any atom is 0.177 e. The van der Waals surface area contributed by atoms with Gasteiger partial charge in [0.1, 0.15) is 0 Å². The van der Waals surface area contributed by atoms with E-state index in [9.17, 15) is 0 Å². The van der Waals surface area contributed by atoms with Gasteiger partial charge in [-0.3, -0.25) is 0 Å². The Kier molecular flexibility index (Phi) is 3.46. The van der Waals surface area contributed by atoms with Gasteiger partial charge >= 0.3 is 0 Å². The first-order valence-electron chi connectivity index (χ1n) is 5.69. The van der Waals surface area contributed by atoms with E-state index >= 15 is 0 Å². The molecule has 0 fully saturated rings. The normalized spacial score (nSPS) is 11.1. The Balaban J connectivity index is 2.09. The lowest BCUT2D eigenvalue weighted by molar-refractivity contribution is 0.654. The second kappa shape index (κ2) is 5.03. The molecule has 2 rings (SSSR count). The highest BCUT2D eigenvalue weighted by molar-refractivity contribution is 5.35.